The molecule has 0 fully saturated rings. The van der Waals surface area contributed by atoms with Gasteiger partial charge in [-0.2, -0.15) is 11.3 Å². The summed E-state index contributed by atoms with van der Waals surface area (Å²) in [5.41, 5.74) is 0.121. The molecule has 0 spiro atoms. The first kappa shape index (κ1) is 19.9. The van der Waals surface area contributed by atoms with Crippen LogP contribution in [0, 0.1) is 5.41 Å². The van der Waals surface area contributed by atoms with Gasteiger partial charge >= 0.3 is 0 Å². The Morgan fingerprint density at radius 2 is 2.00 bits per heavy atom. The van der Waals surface area contributed by atoms with Gasteiger partial charge in [0.2, 0.25) is 0 Å². The molecule has 1 aromatic heterocycles. The summed E-state index contributed by atoms with van der Waals surface area (Å²) >= 11 is 1.59. The summed E-state index contributed by atoms with van der Waals surface area (Å²) in [6.07, 6.45) is 0. The molecule has 0 aromatic carbocycles. The fourth-order valence-corrected chi connectivity index (χ4v) is 3.25. The first-order valence-electron chi connectivity index (χ1n) is 8.08. The minimum absolute atomic E-state index is 0.0989. The quantitative estimate of drug-likeness (QED) is 0.501. The van der Waals surface area contributed by atoms with Crippen LogP contribution in [-0.4, -0.2) is 56.2 Å². The summed E-state index contributed by atoms with van der Waals surface area (Å²) in [7, 11) is 4.15. The summed E-state index contributed by atoms with van der Waals surface area (Å²) < 4.78 is 0. The molecule has 1 rings (SSSR count). The van der Waals surface area contributed by atoms with E-state index in [1.807, 2.05) is 30.7 Å². The number of aliphatic imine (C=N–C) groups is 1. The summed E-state index contributed by atoms with van der Waals surface area (Å²) in [5, 5.41) is 21.0. The van der Waals surface area contributed by atoms with Crippen LogP contribution >= 0.6 is 11.3 Å². The second kappa shape index (κ2) is 8.66. The van der Waals surface area contributed by atoms with Crippen molar-refractivity contribution < 1.29 is 5.11 Å². The fourth-order valence-electron chi connectivity index (χ4n) is 2.47. The van der Waals surface area contributed by atoms with Crippen molar-refractivity contribution in [2.45, 2.75) is 33.3 Å². The van der Waals surface area contributed by atoms with E-state index in [1.54, 1.807) is 11.3 Å². The van der Waals surface area contributed by atoms with Crippen LogP contribution < -0.4 is 10.6 Å². The molecule has 1 atom stereocenters. The number of thiophene rings is 1. The van der Waals surface area contributed by atoms with E-state index in [9.17, 15) is 5.11 Å². The van der Waals surface area contributed by atoms with Crippen LogP contribution in [0.3, 0.4) is 0 Å². The number of guanidine groups is 1. The van der Waals surface area contributed by atoms with Gasteiger partial charge in [0.15, 0.2) is 5.96 Å². The smallest absolute Gasteiger partial charge is 0.191 e. The highest BCUT2D eigenvalue weighted by atomic mass is 32.1. The van der Waals surface area contributed by atoms with Crippen molar-refractivity contribution in [3.8, 4) is 0 Å². The van der Waals surface area contributed by atoms with Crippen molar-refractivity contribution in [3.63, 3.8) is 0 Å². The highest BCUT2D eigenvalue weighted by Crippen LogP contribution is 2.22. The third-order valence-corrected chi connectivity index (χ3v) is 4.18. The normalized spacial score (nSPS) is 15.6. The van der Waals surface area contributed by atoms with E-state index in [0.29, 0.717) is 6.54 Å². The van der Waals surface area contributed by atoms with Gasteiger partial charge in [-0.3, -0.25) is 4.99 Å². The van der Waals surface area contributed by atoms with Crippen molar-refractivity contribution in [1.29, 1.82) is 0 Å². The third-order valence-electron chi connectivity index (χ3n) is 3.50. The van der Waals surface area contributed by atoms with E-state index in [-0.39, 0.29) is 5.41 Å². The van der Waals surface area contributed by atoms with Crippen molar-refractivity contribution in [2.75, 3.05) is 40.3 Å². The van der Waals surface area contributed by atoms with E-state index < -0.39 is 5.60 Å². The van der Waals surface area contributed by atoms with Gasteiger partial charge < -0.3 is 20.6 Å². The molecule has 0 aliphatic rings. The molecule has 23 heavy (non-hydrogen) atoms. The number of hydrogen-bond donors (Lipinski definition) is 3. The highest BCUT2D eigenvalue weighted by molar-refractivity contribution is 7.08. The monoisotopic (exact) mass is 340 g/mol. The van der Waals surface area contributed by atoms with E-state index >= 15 is 0 Å². The molecule has 0 saturated carbocycles. The van der Waals surface area contributed by atoms with Crippen molar-refractivity contribution in [3.05, 3.63) is 22.4 Å². The lowest BCUT2D eigenvalue weighted by Gasteiger charge is -2.27. The van der Waals surface area contributed by atoms with Gasteiger partial charge in [-0.25, -0.2) is 0 Å². The lowest BCUT2D eigenvalue weighted by atomic mass is 9.93. The fraction of sp³-hybridized carbons (Fsp3) is 0.706. The maximum Gasteiger partial charge on any atom is 0.191 e. The van der Waals surface area contributed by atoms with Crippen molar-refractivity contribution in [2.24, 2.45) is 10.4 Å². The summed E-state index contributed by atoms with van der Waals surface area (Å²) in [6.45, 7) is 11.2. The Bertz CT molecular complexity index is 481. The largest absolute Gasteiger partial charge is 0.384 e. The number of hydrogen-bond acceptors (Lipinski definition) is 4. The zero-order valence-corrected chi connectivity index (χ0v) is 16.1. The molecule has 0 aliphatic heterocycles. The number of nitrogens with zero attached hydrogens (tertiary/aromatic N) is 2. The van der Waals surface area contributed by atoms with Crippen LogP contribution in [-0.2, 0) is 5.60 Å². The lowest BCUT2D eigenvalue weighted by molar-refractivity contribution is 0.0621. The van der Waals surface area contributed by atoms with Gasteiger partial charge in [0, 0.05) is 19.6 Å². The second-order valence-corrected chi connectivity index (χ2v) is 8.02. The molecule has 1 unspecified atom stereocenters. The molecule has 0 aliphatic carbocycles. The van der Waals surface area contributed by atoms with Crippen molar-refractivity contribution >= 4 is 17.3 Å². The Labute approximate surface area is 144 Å². The number of nitrogens with one attached hydrogen (secondary N) is 2. The maximum absolute atomic E-state index is 10.6. The first-order valence-corrected chi connectivity index (χ1v) is 9.02. The Morgan fingerprint density at radius 3 is 2.52 bits per heavy atom. The molecule has 6 heteroatoms. The SMILES string of the molecule is CCNC(=NCC(C)(C)CN(C)C)NCC(C)(O)c1ccsc1. The molecule has 132 valence electrons. The summed E-state index contributed by atoms with van der Waals surface area (Å²) in [6, 6.07) is 1.95. The molecular weight excluding hydrogens is 308 g/mol. The number of rotatable bonds is 8. The predicted octanol–water partition coefficient (Wildman–Crippen LogP) is 2.10. The Kier molecular flexibility index (Phi) is 7.51. The van der Waals surface area contributed by atoms with Crippen LogP contribution in [0.2, 0.25) is 0 Å². The zero-order valence-electron chi connectivity index (χ0n) is 15.3. The van der Waals surface area contributed by atoms with Crippen LogP contribution in [0.15, 0.2) is 21.8 Å². The molecule has 0 amide bonds. The Balaban J connectivity index is 2.66. The number of aliphatic hydroxyl groups is 1. The van der Waals surface area contributed by atoms with E-state index in [2.05, 4.69) is 48.5 Å². The van der Waals surface area contributed by atoms with Crippen LogP contribution in [0.5, 0.6) is 0 Å². The minimum atomic E-state index is -0.907. The van der Waals surface area contributed by atoms with Crippen LogP contribution in [0.4, 0.5) is 0 Å². The third kappa shape index (κ3) is 7.33. The minimum Gasteiger partial charge on any atom is -0.384 e. The topological polar surface area (TPSA) is 59.9 Å². The first-order chi connectivity index (χ1) is 10.7. The summed E-state index contributed by atoms with van der Waals surface area (Å²) in [4.78, 5) is 6.86. The van der Waals surface area contributed by atoms with Gasteiger partial charge in [0.05, 0.1) is 6.54 Å². The average molecular weight is 341 g/mol. The lowest BCUT2D eigenvalue weighted by Crippen LogP contribution is -2.45. The van der Waals surface area contributed by atoms with E-state index in [4.69, 9.17) is 0 Å². The van der Waals surface area contributed by atoms with E-state index in [0.717, 1.165) is 31.2 Å². The molecule has 0 bridgehead atoms. The Hall–Kier alpha value is -1.11. The summed E-state index contributed by atoms with van der Waals surface area (Å²) in [5.74, 6) is 0.745. The van der Waals surface area contributed by atoms with E-state index in [1.165, 1.54) is 0 Å². The molecule has 1 aromatic rings. The predicted molar refractivity (Wildman–Crippen MR) is 100 cm³/mol. The van der Waals surface area contributed by atoms with Gasteiger partial charge in [-0.15, -0.1) is 0 Å². The van der Waals surface area contributed by atoms with Crippen molar-refractivity contribution in [1.82, 2.24) is 15.5 Å². The van der Waals surface area contributed by atoms with Gasteiger partial charge in [0.25, 0.3) is 0 Å². The Morgan fingerprint density at radius 1 is 1.30 bits per heavy atom. The molecule has 0 radical (unpaired) electrons. The second-order valence-electron chi connectivity index (χ2n) is 7.24. The highest BCUT2D eigenvalue weighted by Gasteiger charge is 2.24. The van der Waals surface area contributed by atoms with Gasteiger partial charge in [-0.05, 0) is 55.7 Å². The molecule has 5 nitrogen and oxygen atoms in total. The molecule has 0 saturated heterocycles. The van der Waals surface area contributed by atoms with Crippen LogP contribution in [0.25, 0.3) is 0 Å². The average Bonchev–Trinajstić information content (AvgIpc) is 2.95. The van der Waals surface area contributed by atoms with Gasteiger partial charge in [0.1, 0.15) is 5.60 Å². The zero-order chi connectivity index (χ0) is 17.5. The molecule has 1 heterocycles. The van der Waals surface area contributed by atoms with Gasteiger partial charge in [-0.1, -0.05) is 13.8 Å². The maximum atomic E-state index is 10.6. The molecular formula is C17H32N4OS. The van der Waals surface area contributed by atoms with Crippen LogP contribution in [0.1, 0.15) is 33.3 Å². The molecule has 3 N–H and O–H groups in total. The standard InChI is InChI=1S/C17H32N4OS/c1-7-18-15(19-11-16(2,3)13-21(5)6)20-12-17(4,22)14-8-9-23-10-14/h8-10,22H,7,11-13H2,1-6H3,(H2,18,19,20).